The normalized spacial score (nSPS) is 18.7. The summed E-state index contributed by atoms with van der Waals surface area (Å²) in [7, 11) is 1.67. The standard InChI is InChI=1S/C24H39N3O3/c1-6-8-20(23(25)28)21(13-16(2)3)24(29)27-12-7-9-19(15-27)26-18-11-10-17(4)22(14-18)30-5/h10-11,14,16,19-21,26H,6-9,12-13,15H2,1-5H3,(H2,25,28)/t19?,20-,21-/m1/s1. The molecule has 30 heavy (non-hydrogen) atoms. The van der Waals surface area contributed by atoms with E-state index in [1.807, 2.05) is 36.9 Å². The number of primary amides is 1. The first kappa shape index (κ1) is 24.0. The first-order valence-electron chi connectivity index (χ1n) is 11.3. The molecule has 1 aliphatic heterocycles. The molecule has 1 aliphatic rings. The van der Waals surface area contributed by atoms with Crippen LogP contribution in [0.3, 0.4) is 0 Å². The summed E-state index contributed by atoms with van der Waals surface area (Å²) in [5, 5.41) is 3.56. The number of piperidine rings is 1. The van der Waals surface area contributed by atoms with Crippen LogP contribution in [0.15, 0.2) is 18.2 Å². The SMILES string of the molecule is CCC[C@@H](C(N)=O)[C@@H](CC(C)C)C(=O)N1CCCC(Nc2ccc(C)c(OC)c2)C1. The minimum absolute atomic E-state index is 0.0777. The molecule has 0 saturated carbocycles. The zero-order valence-electron chi connectivity index (χ0n) is 19.2. The van der Waals surface area contributed by atoms with Gasteiger partial charge in [-0.3, -0.25) is 9.59 Å². The summed E-state index contributed by atoms with van der Waals surface area (Å²) in [5.74, 6) is 0.185. The monoisotopic (exact) mass is 417 g/mol. The largest absolute Gasteiger partial charge is 0.496 e. The van der Waals surface area contributed by atoms with Crippen LogP contribution in [0.4, 0.5) is 5.69 Å². The van der Waals surface area contributed by atoms with Crippen LogP contribution in [-0.2, 0) is 9.59 Å². The highest BCUT2D eigenvalue weighted by Crippen LogP contribution is 2.29. The number of ether oxygens (including phenoxy) is 1. The van der Waals surface area contributed by atoms with Crippen molar-refractivity contribution in [2.45, 2.75) is 65.8 Å². The number of nitrogens with one attached hydrogen (secondary N) is 1. The third-order valence-electron chi connectivity index (χ3n) is 6.01. The van der Waals surface area contributed by atoms with Crippen LogP contribution in [0, 0.1) is 24.7 Å². The molecule has 3 N–H and O–H groups in total. The molecule has 0 spiro atoms. The Morgan fingerprint density at radius 2 is 2.03 bits per heavy atom. The molecule has 168 valence electrons. The minimum Gasteiger partial charge on any atom is -0.496 e. The van der Waals surface area contributed by atoms with Gasteiger partial charge in [-0.05, 0) is 50.2 Å². The van der Waals surface area contributed by atoms with Gasteiger partial charge < -0.3 is 20.7 Å². The maximum absolute atomic E-state index is 13.5. The lowest BCUT2D eigenvalue weighted by Gasteiger charge is -2.37. The number of anilines is 1. The van der Waals surface area contributed by atoms with E-state index in [1.165, 1.54) is 0 Å². The zero-order chi connectivity index (χ0) is 22.3. The summed E-state index contributed by atoms with van der Waals surface area (Å²) < 4.78 is 5.43. The van der Waals surface area contributed by atoms with Crippen molar-refractivity contribution in [1.82, 2.24) is 4.90 Å². The lowest BCUT2D eigenvalue weighted by molar-refractivity contribution is -0.143. The Labute approximate surface area is 181 Å². The molecule has 1 aromatic carbocycles. The molecular weight excluding hydrogens is 378 g/mol. The van der Waals surface area contributed by atoms with Gasteiger partial charge in [-0.15, -0.1) is 0 Å². The molecule has 0 bridgehead atoms. The first-order valence-corrected chi connectivity index (χ1v) is 11.3. The average molecular weight is 418 g/mol. The number of hydrogen-bond acceptors (Lipinski definition) is 4. The molecule has 0 radical (unpaired) electrons. The number of carbonyl (C=O) groups is 2. The van der Waals surface area contributed by atoms with Gasteiger partial charge in [0.05, 0.1) is 7.11 Å². The number of rotatable bonds is 10. The first-order chi connectivity index (χ1) is 14.3. The van der Waals surface area contributed by atoms with Crippen LogP contribution < -0.4 is 15.8 Å². The molecule has 6 nitrogen and oxygen atoms in total. The van der Waals surface area contributed by atoms with Gasteiger partial charge in [-0.1, -0.05) is 33.3 Å². The molecule has 1 unspecified atom stereocenters. The minimum atomic E-state index is -0.389. The zero-order valence-corrected chi connectivity index (χ0v) is 19.2. The lowest BCUT2D eigenvalue weighted by Crippen LogP contribution is -2.50. The van der Waals surface area contributed by atoms with Crippen molar-refractivity contribution in [2.75, 3.05) is 25.5 Å². The molecule has 2 rings (SSSR count). The van der Waals surface area contributed by atoms with Crippen molar-refractivity contribution in [1.29, 1.82) is 0 Å². The van der Waals surface area contributed by atoms with Crippen LogP contribution >= 0.6 is 0 Å². The average Bonchev–Trinajstić information content (AvgIpc) is 2.71. The van der Waals surface area contributed by atoms with E-state index in [2.05, 4.69) is 19.2 Å². The fourth-order valence-corrected chi connectivity index (χ4v) is 4.47. The van der Waals surface area contributed by atoms with Crippen LogP contribution in [0.2, 0.25) is 0 Å². The van der Waals surface area contributed by atoms with E-state index in [1.54, 1.807) is 7.11 Å². The molecule has 1 saturated heterocycles. The number of carbonyl (C=O) groups excluding carboxylic acids is 2. The molecule has 2 amide bonds. The number of aryl methyl sites for hydroxylation is 1. The van der Waals surface area contributed by atoms with Gasteiger partial charge >= 0.3 is 0 Å². The van der Waals surface area contributed by atoms with E-state index < -0.39 is 0 Å². The van der Waals surface area contributed by atoms with E-state index in [9.17, 15) is 9.59 Å². The highest BCUT2D eigenvalue weighted by molar-refractivity contribution is 5.87. The molecule has 0 aromatic heterocycles. The van der Waals surface area contributed by atoms with Crippen molar-refractivity contribution >= 4 is 17.5 Å². The number of methoxy groups -OCH3 is 1. The van der Waals surface area contributed by atoms with Gasteiger partial charge in [0.15, 0.2) is 0 Å². The van der Waals surface area contributed by atoms with E-state index in [0.717, 1.165) is 42.8 Å². The highest BCUT2D eigenvalue weighted by Gasteiger charge is 2.36. The van der Waals surface area contributed by atoms with E-state index in [-0.39, 0.29) is 29.7 Å². The van der Waals surface area contributed by atoms with Gasteiger partial charge in [-0.25, -0.2) is 0 Å². The van der Waals surface area contributed by atoms with Crippen molar-refractivity contribution in [3.05, 3.63) is 23.8 Å². The van der Waals surface area contributed by atoms with Crippen LogP contribution in [0.1, 0.15) is 58.4 Å². The smallest absolute Gasteiger partial charge is 0.226 e. The molecular formula is C24H39N3O3. The summed E-state index contributed by atoms with van der Waals surface area (Å²) in [6.45, 7) is 9.61. The summed E-state index contributed by atoms with van der Waals surface area (Å²) in [4.78, 5) is 27.5. The van der Waals surface area contributed by atoms with Gasteiger partial charge in [0.1, 0.15) is 5.75 Å². The predicted molar refractivity (Wildman–Crippen MR) is 121 cm³/mol. The Balaban J connectivity index is 2.12. The highest BCUT2D eigenvalue weighted by atomic mass is 16.5. The third-order valence-corrected chi connectivity index (χ3v) is 6.01. The van der Waals surface area contributed by atoms with Crippen LogP contribution in [0.25, 0.3) is 0 Å². The molecule has 1 aromatic rings. The predicted octanol–water partition coefficient (Wildman–Crippen LogP) is 3.97. The Morgan fingerprint density at radius 3 is 2.63 bits per heavy atom. The molecule has 3 atom stereocenters. The van der Waals surface area contributed by atoms with Crippen LogP contribution in [-0.4, -0.2) is 43.0 Å². The topological polar surface area (TPSA) is 84.7 Å². The Hall–Kier alpha value is -2.24. The maximum atomic E-state index is 13.5. The van der Waals surface area contributed by atoms with Gasteiger partial charge in [0.2, 0.25) is 11.8 Å². The van der Waals surface area contributed by atoms with Gasteiger partial charge in [-0.2, -0.15) is 0 Å². The van der Waals surface area contributed by atoms with E-state index >= 15 is 0 Å². The third kappa shape index (κ3) is 6.38. The van der Waals surface area contributed by atoms with Crippen molar-refractivity contribution < 1.29 is 14.3 Å². The summed E-state index contributed by atoms with van der Waals surface area (Å²) in [6.07, 6.45) is 4.14. The van der Waals surface area contributed by atoms with Gasteiger partial charge in [0.25, 0.3) is 0 Å². The number of hydrogen-bond donors (Lipinski definition) is 2. The maximum Gasteiger partial charge on any atom is 0.226 e. The number of nitrogens with zero attached hydrogens (tertiary/aromatic N) is 1. The quantitative estimate of drug-likeness (QED) is 0.603. The fraction of sp³-hybridized carbons (Fsp3) is 0.667. The lowest BCUT2D eigenvalue weighted by atomic mass is 9.81. The summed E-state index contributed by atoms with van der Waals surface area (Å²) in [5.41, 5.74) is 7.79. The Bertz CT molecular complexity index is 720. The number of likely N-dealkylation sites (tertiary alicyclic amines) is 1. The molecule has 6 heteroatoms. The molecule has 1 fully saturated rings. The van der Waals surface area contributed by atoms with E-state index in [4.69, 9.17) is 10.5 Å². The van der Waals surface area contributed by atoms with E-state index in [0.29, 0.717) is 25.3 Å². The molecule has 1 heterocycles. The van der Waals surface area contributed by atoms with Crippen LogP contribution in [0.5, 0.6) is 5.75 Å². The molecule has 0 aliphatic carbocycles. The fourth-order valence-electron chi connectivity index (χ4n) is 4.47. The second-order valence-corrected chi connectivity index (χ2v) is 8.99. The Morgan fingerprint density at radius 1 is 1.30 bits per heavy atom. The van der Waals surface area contributed by atoms with Crippen molar-refractivity contribution in [3.63, 3.8) is 0 Å². The second-order valence-electron chi connectivity index (χ2n) is 8.99. The summed E-state index contributed by atoms with van der Waals surface area (Å²) in [6, 6.07) is 6.26. The van der Waals surface area contributed by atoms with Crippen molar-refractivity contribution in [3.8, 4) is 5.75 Å². The Kier molecular flexibility index (Phi) is 9.00. The number of amides is 2. The number of nitrogens with two attached hydrogens (primary N) is 1. The number of benzene rings is 1. The van der Waals surface area contributed by atoms with Crippen molar-refractivity contribution in [2.24, 2.45) is 23.5 Å². The summed E-state index contributed by atoms with van der Waals surface area (Å²) >= 11 is 0. The van der Waals surface area contributed by atoms with Gasteiger partial charge in [0, 0.05) is 42.7 Å². The second kappa shape index (κ2) is 11.2.